The van der Waals surface area contributed by atoms with Gasteiger partial charge in [-0.1, -0.05) is 37.1 Å². The summed E-state index contributed by atoms with van der Waals surface area (Å²) in [6.45, 7) is 3.37. The molecule has 2 aliphatic carbocycles. The molecule has 2 aliphatic rings. The van der Waals surface area contributed by atoms with Crippen LogP contribution in [0.5, 0.6) is 5.75 Å². The summed E-state index contributed by atoms with van der Waals surface area (Å²) in [4.78, 5) is 0. The Balaban J connectivity index is 1.13. The lowest BCUT2D eigenvalue weighted by Gasteiger charge is -2.32. The van der Waals surface area contributed by atoms with Crippen molar-refractivity contribution in [2.24, 2.45) is 11.8 Å². The van der Waals surface area contributed by atoms with Crippen LogP contribution in [0.3, 0.4) is 0 Å². The monoisotopic (exact) mass is 588 g/mol. The van der Waals surface area contributed by atoms with E-state index < -0.39 is 34.9 Å². The van der Waals surface area contributed by atoms with Crippen molar-refractivity contribution in [1.29, 1.82) is 0 Å². The highest BCUT2D eigenvalue weighted by Crippen LogP contribution is 2.43. The number of hydrogen-bond acceptors (Lipinski definition) is 1. The van der Waals surface area contributed by atoms with E-state index in [2.05, 4.69) is 0 Å². The molecule has 0 atom stereocenters. The highest BCUT2D eigenvalue weighted by Gasteiger charge is 2.30. The molecule has 0 heterocycles. The summed E-state index contributed by atoms with van der Waals surface area (Å²) in [7, 11) is 0. The number of rotatable bonds is 8. The quantitative estimate of drug-likeness (QED) is 0.238. The summed E-state index contributed by atoms with van der Waals surface area (Å²) in [6.07, 6.45) is 9.26. The van der Waals surface area contributed by atoms with Crippen molar-refractivity contribution >= 4 is 0 Å². The Kier molecular flexibility index (Phi) is 9.54. The molecule has 5 rings (SSSR count). The van der Waals surface area contributed by atoms with Crippen molar-refractivity contribution in [3.8, 4) is 16.9 Å². The summed E-state index contributed by atoms with van der Waals surface area (Å²) in [6, 6.07) is 8.67. The van der Waals surface area contributed by atoms with Crippen LogP contribution in [0.2, 0.25) is 0 Å². The standard InChI is InChI=1S/C35H38F6O/c1-3-42-29-19-18-28(34(40)35(29)41)27-17-16-26(32(38)33(27)39)24-13-9-22(10-14-24)6-5-21-7-11-23(12-8-21)25-15-4-20(2)30(36)31(25)37/h4,15-19,21-24H,3,5-14H2,1-2H3. The molecule has 0 aliphatic heterocycles. The van der Waals surface area contributed by atoms with Gasteiger partial charge in [0.15, 0.2) is 34.8 Å². The SMILES string of the molecule is CCOc1ccc(-c2ccc(C3CCC(CCC4CCC(c5ccc(C)c(F)c5F)CC4)CC3)c(F)c2F)c(F)c1F. The molecular weight excluding hydrogens is 550 g/mol. The molecule has 3 aromatic rings. The van der Waals surface area contributed by atoms with E-state index in [0.29, 0.717) is 28.5 Å². The van der Waals surface area contributed by atoms with E-state index in [1.807, 2.05) is 0 Å². The Hall–Kier alpha value is -2.96. The fraction of sp³-hybridized carbons (Fsp3) is 0.486. The zero-order chi connectivity index (χ0) is 30.0. The first-order valence-corrected chi connectivity index (χ1v) is 15.2. The first-order valence-electron chi connectivity index (χ1n) is 15.2. The van der Waals surface area contributed by atoms with Crippen molar-refractivity contribution in [3.63, 3.8) is 0 Å². The third kappa shape index (κ3) is 6.21. The van der Waals surface area contributed by atoms with Crippen LogP contribution < -0.4 is 4.74 Å². The normalized spacial score (nSPS) is 22.8. The van der Waals surface area contributed by atoms with Crippen LogP contribution in [0.25, 0.3) is 11.1 Å². The Morgan fingerprint density at radius 1 is 0.548 bits per heavy atom. The van der Waals surface area contributed by atoms with Gasteiger partial charge in [0.25, 0.3) is 0 Å². The number of hydrogen-bond donors (Lipinski definition) is 0. The van der Waals surface area contributed by atoms with Crippen molar-refractivity contribution in [3.05, 3.63) is 88.0 Å². The Morgan fingerprint density at radius 2 is 1.00 bits per heavy atom. The van der Waals surface area contributed by atoms with E-state index in [0.717, 1.165) is 64.2 Å². The summed E-state index contributed by atoms with van der Waals surface area (Å²) in [5.74, 6) is -5.30. The number of benzene rings is 3. The Bertz CT molecular complexity index is 1400. The fourth-order valence-electron chi connectivity index (χ4n) is 7.07. The topological polar surface area (TPSA) is 9.23 Å². The molecule has 0 bridgehead atoms. The third-order valence-corrected chi connectivity index (χ3v) is 9.61. The molecule has 7 heteroatoms. The van der Waals surface area contributed by atoms with Gasteiger partial charge in [-0.2, -0.15) is 4.39 Å². The molecule has 42 heavy (non-hydrogen) atoms. The summed E-state index contributed by atoms with van der Waals surface area (Å²) >= 11 is 0. The van der Waals surface area contributed by atoms with Gasteiger partial charge in [-0.15, -0.1) is 0 Å². The lowest BCUT2D eigenvalue weighted by atomic mass is 9.73. The minimum atomic E-state index is -1.27. The van der Waals surface area contributed by atoms with Crippen molar-refractivity contribution in [2.45, 2.75) is 89.9 Å². The van der Waals surface area contributed by atoms with Crippen LogP contribution in [0, 0.1) is 53.7 Å². The molecule has 2 fully saturated rings. The summed E-state index contributed by atoms with van der Waals surface area (Å²) < 4.78 is 92.9. The molecule has 0 aromatic heterocycles. The van der Waals surface area contributed by atoms with Crippen LogP contribution in [0.15, 0.2) is 36.4 Å². The van der Waals surface area contributed by atoms with Gasteiger partial charge in [-0.05, 0) is 118 Å². The van der Waals surface area contributed by atoms with Gasteiger partial charge in [0, 0.05) is 11.1 Å². The maximum Gasteiger partial charge on any atom is 0.201 e. The highest BCUT2D eigenvalue weighted by molar-refractivity contribution is 5.66. The van der Waals surface area contributed by atoms with Crippen molar-refractivity contribution in [1.82, 2.24) is 0 Å². The number of halogens is 6. The molecule has 1 nitrogen and oxygen atoms in total. The molecule has 0 radical (unpaired) electrons. The molecule has 0 saturated heterocycles. The predicted molar refractivity (Wildman–Crippen MR) is 153 cm³/mol. The smallest absolute Gasteiger partial charge is 0.201 e. The van der Waals surface area contributed by atoms with Gasteiger partial charge in [0.1, 0.15) is 0 Å². The zero-order valence-corrected chi connectivity index (χ0v) is 24.2. The van der Waals surface area contributed by atoms with Gasteiger partial charge in [0.2, 0.25) is 5.82 Å². The summed E-state index contributed by atoms with van der Waals surface area (Å²) in [5, 5.41) is 0. The van der Waals surface area contributed by atoms with Crippen LogP contribution in [0.1, 0.15) is 99.7 Å². The Morgan fingerprint density at radius 3 is 1.52 bits per heavy atom. The lowest BCUT2D eigenvalue weighted by Crippen LogP contribution is -2.18. The highest BCUT2D eigenvalue weighted by atomic mass is 19.2. The minimum Gasteiger partial charge on any atom is -0.491 e. The number of ether oxygens (including phenoxy) is 1. The molecule has 0 unspecified atom stereocenters. The van der Waals surface area contributed by atoms with Crippen LogP contribution in [-0.4, -0.2) is 6.61 Å². The van der Waals surface area contributed by atoms with E-state index >= 15 is 8.78 Å². The maximum atomic E-state index is 15.2. The second-order valence-corrected chi connectivity index (χ2v) is 12.1. The molecule has 0 N–H and O–H groups in total. The van der Waals surface area contributed by atoms with Crippen molar-refractivity contribution in [2.75, 3.05) is 6.61 Å². The van der Waals surface area contributed by atoms with E-state index in [1.165, 1.54) is 24.3 Å². The van der Waals surface area contributed by atoms with Crippen molar-refractivity contribution < 1.29 is 31.1 Å². The molecule has 226 valence electrons. The van der Waals surface area contributed by atoms with Crippen LogP contribution >= 0.6 is 0 Å². The first kappa shape index (κ1) is 30.5. The fourth-order valence-corrected chi connectivity index (χ4v) is 7.07. The molecular formula is C35H38F6O. The van der Waals surface area contributed by atoms with E-state index in [-0.39, 0.29) is 35.3 Å². The lowest BCUT2D eigenvalue weighted by molar-refractivity contribution is 0.249. The second kappa shape index (κ2) is 13.1. The molecule has 0 spiro atoms. The van der Waals surface area contributed by atoms with E-state index in [1.54, 1.807) is 26.0 Å². The van der Waals surface area contributed by atoms with Gasteiger partial charge in [0.05, 0.1) is 6.61 Å². The largest absolute Gasteiger partial charge is 0.491 e. The minimum absolute atomic E-state index is 0.0680. The third-order valence-electron chi connectivity index (χ3n) is 9.61. The van der Waals surface area contributed by atoms with Gasteiger partial charge in [-0.25, -0.2) is 22.0 Å². The summed E-state index contributed by atoms with van der Waals surface area (Å²) in [5.41, 5.74) is 0.477. The first-order chi connectivity index (χ1) is 20.2. The van der Waals surface area contributed by atoms with Gasteiger partial charge in [-0.3, -0.25) is 0 Å². The van der Waals surface area contributed by atoms with Gasteiger partial charge >= 0.3 is 0 Å². The molecule has 0 amide bonds. The zero-order valence-electron chi connectivity index (χ0n) is 24.2. The van der Waals surface area contributed by atoms with E-state index in [4.69, 9.17) is 4.74 Å². The van der Waals surface area contributed by atoms with Crippen LogP contribution in [-0.2, 0) is 0 Å². The average Bonchev–Trinajstić information content (AvgIpc) is 3.00. The predicted octanol–water partition coefficient (Wildman–Crippen LogP) is 10.9. The molecule has 3 aromatic carbocycles. The molecule has 2 saturated carbocycles. The average molecular weight is 589 g/mol. The van der Waals surface area contributed by atoms with E-state index in [9.17, 15) is 17.6 Å². The van der Waals surface area contributed by atoms with Gasteiger partial charge < -0.3 is 4.74 Å². The second-order valence-electron chi connectivity index (χ2n) is 12.1. The Labute approximate surface area is 244 Å². The number of aryl methyl sites for hydroxylation is 1. The van der Waals surface area contributed by atoms with Crippen LogP contribution in [0.4, 0.5) is 26.3 Å². The maximum absolute atomic E-state index is 15.2.